The van der Waals surface area contributed by atoms with Crippen LogP contribution in [0.1, 0.15) is 59.6 Å². The van der Waals surface area contributed by atoms with Crippen molar-refractivity contribution in [3.8, 4) is 5.75 Å². The van der Waals surface area contributed by atoms with E-state index in [9.17, 15) is 9.18 Å². The number of imidazole rings is 1. The smallest absolute Gasteiger partial charge is 0.270 e. The van der Waals surface area contributed by atoms with E-state index in [-0.39, 0.29) is 18.3 Å². The van der Waals surface area contributed by atoms with E-state index < -0.39 is 5.54 Å². The van der Waals surface area contributed by atoms with Gasteiger partial charge in [-0.25, -0.2) is 9.37 Å². The van der Waals surface area contributed by atoms with Gasteiger partial charge in [0.15, 0.2) is 11.4 Å². The molecule has 6 nitrogen and oxygen atoms in total. The summed E-state index contributed by atoms with van der Waals surface area (Å²) >= 11 is 0. The van der Waals surface area contributed by atoms with Gasteiger partial charge in [-0.2, -0.15) is 0 Å². The summed E-state index contributed by atoms with van der Waals surface area (Å²) in [7, 11) is 0. The van der Waals surface area contributed by atoms with Crippen molar-refractivity contribution in [3.63, 3.8) is 0 Å². The van der Waals surface area contributed by atoms with E-state index in [1.54, 1.807) is 36.4 Å². The zero-order valence-electron chi connectivity index (χ0n) is 18.9. The zero-order valence-corrected chi connectivity index (χ0v) is 18.9. The number of carbonyl (C=O) groups is 1. The summed E-state index contributed by atoms with van der Waals surface area (Å²) in [5.41, 5.74) is 9.27. The maximum atomic E-state index is 14.3. The molecular weight excluding hydrogens is 395 g/mol. The van der Waals surface area contributed by atoms with E-state index in [0.29, 0.717) is 40.5 Å². The minimum atomic E-state index is -0.471. The second-order valence-electron chi connectivity index (χ2n) is 8.54. The first-order valence-corrected chi connectivity index (χ1v) is 10.6. The Hall–Kier alpha value is -2.93. The highest BCUT2D eigenvalue weighted by Gasteiger charge is 2.23. The average molecular weight is 427 g/mol. The SMILES string of the molecule is CCCC(C)(N)CNC(=O)c1c(C)nc2c(OCc3cccc(C)c3F)cc(C)cn12. The summed E-state index contributed by atoms with van der Waals surface area (Å²) in [6.45, 7) is 9.85. The Balaban J connectivity index is 1.89. The molecule has 1 amide bonds. The molecule has 2 aromatic heterocycles. The summed E-state index contributed by atoms with van der Waals surface area (Å²) in [4.78, 5) is 17.5. The van der Waals surface area contributed by atoms with E-state index in [1.165, 1.54) is 0 Å². The van der Waals surface area contributed by atoms with Crippen LogP contribution in [0.2, 0.25) is 0 Å². The summed E-state index contributed by atoms with van der Waals surface area (Å²) in [6.07, 6.45) is 3.60. The predicted octanol–water partition coefficient (Wildman–Crippen LogP) is 4.22. The Morgan fingerprint density at radius 3 is 2.77 bits per heavy atom. The molecule has 0 spiro atoms. The average Bonchev–Trinajstić information content (AvgIpc) is 3.03. The molecule has 0 aliphatic heterocycles. The minimum absolute atomic E-state index is 0.0720. The predicted molar refractivity (Wildman–Crippen MR) is 120 cm³/mol. The molecule has 1 atom stereocenters. The van der Waals surface area contributed by atoms with E-state index >= 15 is 0 Å². The largest absolute Gasteiger partial charge is 0.485 e. The summed E-state index contributed by atoms with van der Waals surface area (Å²) in [5.74, 6) is -0.0144. The number of aryl methyl sites for hydroxylation is 3. The topological polar surface area (TPSA) is 81.6 Å². The Labute approximate surface area is 182 Å². The standard InChI is InChI=1S/C24H31FN4O2/c1-6-10-24(5,26)14-27-23(30)21-17(4)28-22-19(11-15(2)12-29(21)22)31-13-18-9-7-8-16(3)20(18)25/h7-9,11-12H,6,10,13-14,26H2,1-5H3,(H,27,30). The molecule has 31 heavy (non-hydrogen) atoms. The molecule has 166 valence electrons. The third kappa shape index (κ3) is 5.05. The number of nitrogens with zero attached hydrogens (tertiary/aromatic N) is 2. The lowest BCUT2D eigenvalue weighted by Crippen LogP contribution is -2.47. The van der Waals surface area contributed by atoms with Crippen molar-refractivity contribution in [1.29, 1.82) is 0 Å². The molecule has 2 heterocycles. The minimum Gasteiger partial charge on any atom is -0.485 e. The fourth-order valence-corrected chi connectivity index (χ4v) is 3.74. The van der Waals surface area contributed by atoms with Crippen LogP contribution >= 0.6 is 0 Å². The lowest BCUT2D eigenvalue weighted by molar-refractivity contribution is 0.0937. The highest BCUT2D eigenvalue weighted by Crippen LogP contribution is 2.26. The maximum absolute atomic E-state index is 14.3. The molecule has 0 aliphatic rings. The van der Waals surface area contributed by atoms with Gasteiger partial charge in [-0.1, -0.05) is 31.5 Å². The van der Waals surface area contributed by atoms with Crippen molar-refractivity contribution in [3.05, 3.63) is 64.4 Å². The van der Waals surface area contributed by atoms with Crippen LogP contribution in [-0.4, -0.2) is 27.4 Å². The fraction of sp³-hybridized carbons (Fsp3) is 0.417. The van der Waals surface area contributed by atoms with Gasteiger partial charge >= 0.3 is 0 Å². The number of fused-ring (bicyclic) bond motifs is 1. The van der Waals surface area contributed by atoms with Crippen molar-refractivity contribution in [1.82, 2.24) is 14.7 Å². The van der Waals surface area contributed by atoms with Crippen LogP contribution < -0.4 is 15.8 Å². The first-order chi connectivity index (χ1) is 14.6. The van der Waals surface area contributed by atoms with Gasteiger partial charge < -0.3 is 15.8 Å². The number of carbonyl (C=O) groups excluding carboxylic acids is 1. The van der Waals surface area contributed by atoms with E-state index in [1.807, 2.05) is 26.1 Å². The molecule has 0 bridgehead atoms. The fourth-order valence-electron chi connectivity index (χ4n) is 3.74. The van der Waals surface area contributed by atoms with Crippen molar-refractivity contribution >= 4 is 11.6 Å². The van der Waals surface area contributed by atoms with E-state index in [0.717, 1.165) is 18.4 Å². The number of hydrogen-bond acceptors (Lipinski definition) is 4. The van der Waals surface area contributed by atoms with Crippen molar-refractivity contribution in [2.75, 3.05) is 6.54 Å². The molecule has 0 fully saturated rings. The van der Waals surface area contributed by atoms with Gasteiger partial charge in [0.2, 0.25) is 0 Å². The zero-order chi connectivity index (χ0) is 22.8. The quantitative estimate of drug-likeness (QED) is 0.565. The molecule has 0 radical (unpaired) electrons. The van der Waals surface area contributed by atoms with Gasteiger partial charge in [0.1, 0.15) is 18.1 Å². The van der Waals surface area contributed by atoms with Crippen molar-refractivity contribution in [2.24, 2.45) is 5.73 Å². The molecule has 3 rings (SSSR count). The molecule has 3 aromatic rings. The third-order valence-electron chi connectivity index (χ3n) is 5.34. The number of ether oxygens (including phenoxy) is 1. The van der Waals surface area contributed by atoms with E-state index in [2.05, 4.69) is 17.2 Å². The van der Waals surface area contributed by atoms with E-state index in [4.69, 9.17) is 10.5 Å². The first kappa shape index (κ1) is 22.7. The van der Waals surface area contributed by atoms with Gasteiger partial charge in [-0.3, -0.25) is 9.20 Å². The monoisotopic (exact) mass is 426 g/mol. The molecule has 0 aliphatic carbocycles. The Morgan fingerprint density at radius 2 is 2.06 bits per heavy atom. The maximum Gasteiger partial charge on any atom is 0.270 e. The van der Waals surface area contributed by atoms with Gasteiger partial charge in [-0.05, 0) is 51.3 Å². The highest BCUT2D eigenvalue weighted by atomic mass is 19.1. The summed E-state index contributed by atoms with van der Waals surface area (Å²) in [6, 6.07) is 7.06. The number of hydrogen-bond donors (Lipinski definition) is 2. The van der Waals surface area contributed by atoms with Gasteiger partial charge in [-0.15, -0.1) is 0 Å². The van der Waals surface area contributed by atoms with Gasteiger partial charge in [0.05, 0.1) is 5.69 Å². The first-order valence-electron chi connectivity index (χ1n) is 10.6. The number of nitrogens with two attached hydrogens (primary N) is 1. The van der Waals surface area contributed by atoms with Crippen LogP contribution in [0.4, 0.5) is 4.39 Å². The highest BCUT2D eigenvalue weighted by molar-refractivity contribution is 5.95. The molecular formula is C24H31FN4O2. The molecule has 0 saturated heterocycles. The molecule has 0 saturated carbocycles. The number of nitrogens with one attached hydrogen (secondary N) is 1. The molecule has 1 unspecified atom stereocenters. The van der Waals surface area contributed by atoms with Crippen molar-refractivity contribution < 1.29 is 13.9 Å². The number of benzene rings is 1. The Morgan fingerprint density at radius 1 is 1.32 bits per heavy atom. The van der Waals surface area contributed by atoms with Gasteiger partial charge in [0, 0.05) is 23.8 Å². The van der Waals surface area contributed by atoms with Crippen LogP contribution in [0.25, 0.3) is 5.65 Å². The normalized spacial score (nSPS) is 13.3. The second kappa shape index (κ2) is 9.06. The summed E-state index contributed by atoms with van der Waals surface area (Å²) in [5, 5.41) is 2.94. The molecule has 1 aromatic carbocycles. The third-order valence-corrected chi connectivity index (χ3v) is 5.34. The van der Waals surface area contributed by atoms with Crippen LogP contribution in [0.3, 0.4) is 0 Å². The Bertz CT molecular complexity index is 1100. The van der Waals surface area contributed by atoms with Gasteiger partial charge in [0.25, 0.3) is 5.91 Å². The summed E-state index contributed by atoms with van der Waals surface area (Å²) < 4.78 is 22.0. The molecule has 3 N–H and O–H groups in total. The lowest BCUT2D eigenvalue weighted by atomic mass is 9.98. The number of halogens is 1. The van der Waals surface area contributed by atoms with Crippen LogP contribution in [0, 0.1) is 26.6 Å². The van der Waals surface area contributed by atoms with Crippen LogP contribution in [-0.2, 0) is 6.61 Å². The Kier molecular flexibility index (Phi) is 6.65. The number of pyridine rings is 1. The van der Waals surface area contributed by atoms with Crippen LogP contribution in [0.5, 0.6) is 5.75 Å². The van der Waals surface area contributed by atoms with Crippen molar-refractivity contribution in [2.45, 2.75) is 59.6 Å². The van der Waals surface area contributed by atoms with Crippen LogP contribution in [0.15, 0.2) is 30.5 Å². The number of aromatic nitrogens is 2. The second-order valence-corrected chi connectivity index (χ2v) is 8.54. The number of rotatable bonds is 8. The lowest BCUT2D eigenvalue weighted by Gasteiger charge is -2.24. The number of amides is 1. The molecule has 7 heteroatoms.